The van der Waals surface area contributed by atoms with Crippen molar-refractivity contribution in [2.75, 3.05) is 12.4 Å². The Labute approximate surface area is 131 Å². The minimum absolute atomic E-state index is 0.0594. The van der Waals surface area contributed by atoms with Crippen LogP contribution in [0.15, 0.2) is 42.0 Å². The summed E-state index contributed by atoms with van der Waals surface area (Å²) in [4.78, 5) is 32.8. The van der Waals surface area contributed by atoms with Gasteiger partial charge in [0.2, 0.25) is 5.78 Å². The van der Waals surface area contributed by atoms with Crippen molar-refractivity contribution in [3.63, 3.8) is 0 Å². The van der Waals surface area contributed by atoms with Crippen molar-refractivity contribution < 1.29 is 18.7 Å². The van der Waals surface area contributed by atoms with Crippen molar-refractivity contribution in [3.05, 3.63) is 64.8 Å². The van der Waals surface area contributed by atoms with E-state index in [1.54, 1.807) is 13.0 Å². The number of fused-ring (bicyclic) bond motifs is 1. The molecule has 23 heavy (non-hydrogen) atoms. The van der Waals surface area contributed by atoms with Crippen LogP contribution in [0.5, 0.6) is 0 Å². The van der Waals surface area contributed by atoms with Crippen LogP contribution in [0.3, 0.4) is 0 Å². The fourth-order valence-electron chi connectivity index (χ4n) is 2.28. The van der Waals surface area contributed by atoms with Gasteiger partial charge in [0.25, 0.3) is 5.78 Å². The summed E-state index contributed by atoms with van der Waals surface area (Å²) in [6.07, 6.45) is 2.65. The van der Waals surface area contributed by atoms with Crippen molar-refractivity contribution in [1.29, 1.82) is 0 Å². The van der Waals surface area contributed by atoms with Crippen molar-refractivity contribution in [2.24, 2.45) is 0 Å². The van der Waals surface area contributed by atoms with E-state index in [2.05, 4.69) is 15.3 Å². The zero-order valence-corrected chi connectivity index (χ0v) is 12.4. The van der Waals surface area contributed by atoms with E-state index in [1.165, 1.54) is 31.6 Å². The number of rotatable bonds is 3. The van der Waals surface area contributed by atoms with Gasteiger partial charge in [-0.2, -0.15) is 0 Å². The highest BCUT2D eigenvalue weighted by molar-refractivity contribution is 6.25. The Kier molecular flexibility index (Phi) is 3.61. The van der Waals surface area contributed by atoms with E-state index in [4.69, 9.17) is 4.74 Å². The number of hydrogen-bond donors (Lipinski definition) is 1. The van der Waals surface area contributed by atoms with Gasteiger partial charge in [-0.25, -0.2) is 14.4 Å². The SMILES string of the molecule is COC1=C(Nc2cc(F)ccc2C)C(=O)c2nccnc2C1=O. The molecule has 0 amide bonds. The van der Waals surface area contributed by atoms with E-state index in [0.29, 0.717) is 11.3 Å². The van der Waals surface area contributed by atoms with Crippen LogP contribution in [0.4, 0.5) is 10.1 Å². The van der Waals surface area contributed by atoms with Crippen LogP contribution >= 0.6 is 0 Å². The molecular weight excluding hydrogens is 301 g/mol. The highest BCUT2D eigenvalue weighted by Gasteiger charge is 2.36. The molecule has 0 radical (unpaired) electrons. The fourth-order valence-corrected chi connectivity index (χ4v) is 2.28. The first kappa shape index (κ1) is 14.8. The first-order valence-electron chi connectivity index (χ1n) is 6.74. The fraction of sp³-hybridized carbons (Fsp3) is 0.125. The molecule has 0 spiro atoms. The van der Waals surface area contributed by atoms with Gasteiger partial charge in [-0.15, -0.1) is 0 Å². The number of benzene rings is 1. The number of hydrogen-bond acceptors (Lipinski definition) is 6. The number of aromatic nitrogens is 2. The molecule has 0 atom stereocenters. The van der Waals surface area contributed by atoms with E-state index < -0.39 is 17.4 Å². The number of carbonyl (C=O) groups is 2. The summed E-state index contributed by atoms with van der Waals surface area (Å²) < 4.78 is 18.5. The number of allylic oxidation sites excluding steroid dienone is 2. The van der Waals surface area contributed by atoms with Crippen LogP contribution in [0.1, 0.15) is 26.5 Å². The Balaban J connectivity index is 2.11. The average molecular weight is 313 g/mol. The predicted octanol–water partition coefficient (Wildman–Crippen LogP) is 2.27. The smallest absolute Gasteiger partial charge is 0.250 e. The molecule has 1 heterocycles. The summed E-state index contributed by atoms with van der Waals surface area (Å²) in [5.41, 5.74) is 0.868. The number of halogens is 1. The summed E-state index contributed by atoms with van der Waals surface area (Å²) in [5.74, 6) is -1.72. The number of carbonyl (C=O) groups excluding carboxylic acids is 2. The number of methoxy groups -OCH3 is 1. The molecule has 0 saturated heterocycles. The van der Waals surface area contributed by atoms with Crippen LogP contribution in [0, 0.1) is 12.7 Å². The maximum Gasteiger partial charge on any atom is 0.250 e. The lowest BCUT2D eigenvalue weighted by atomic mass is 9.99. The third kappa shape index (κ3) is 2.46. The number of ether oxygens (including phenoxy) is 1. The van der Waals surface area contributed by atoms with Crippen LogP contribution in [0.25, 0.3) is 0 Å². The van der Waals surface area contributed by atoms with Crippen molar-refractivity contribution in [3.8, 4) is 0 Å². The summed E-state index contributed by atoms with van der Waals surface area (Å²) in [5, 5.41) is 2.79. The molecular formula is C16H12FN3O3. The monoisotopic (exact) mass is 313 g/mol. The normalized spacial score (nSPS) is 13.9. The Hall–Kier alpha value is -3.09. The predicted molar refractivity (Wildman–Crippen MR) is 79.5 cm³/mol. The second-order valence-corrected chi connectivity index (χ2v) is 4.90. The molecule has 1 aromatic heterocycles. The minimum atomic E-state index is -0.549. The van der Waals surface area contributed by atoms with Crippen LogP contribution in [-0.2, 0) is 4.74 Å². The summed E-state index contributed by atoms with van der Waals surface area (Å²) in [6, 6.07) is 4.11. The highest BCUT2D eigenvalue weighted by atomic mass is 19.1. The van der Waals surface area contributed by atoms with Gasteiger partial charge < -0.3 is 10.1 Å². The first-order chi connectivity index (χ1) is 11.0. The van der Waals surface area contributed by atoms with Gasteiger partial charge in [0.05, 0.1) is 7.11 Å². The van der Waals surface area contributed by atoms with Gasteiger partial charge in [0, 0.05) is 18.1 Å². The minimum Gasteiger partial charge on any atom is -0.491 e. The van der Waals surface area contributed by atoms with E-state index in [0.717, 1.165) is 0 Å². The lowest BCUT2D eigenvalue weighted by Crippen LogP contribution is -2.29. The highest BCUT2D eigenvalue weighted by Crippen LogP contribution is 2.27. The zero-order valence-electron chi connectivity index (χ0n) is 12.4. The maximum atomic E-state index is 13.4. The van der Waals surface area contributed by atoms with Crippen LogP contribution in [-0.4, -0.2) is 28.6 Å². The Morgan fingerprint density at radius 3 is 2.39 bits per heavy atom. The molecule has 0 unspecified atom stereocenters. The van der Waals surface area contributed by atoms with Gasteiger partial charge in [-0.3, -0.25) is 9.59 Å². The first-order valence-corrected chi connectivity index (χ1v) is 6.74. The van der Waals surface area contributed by atoms with Gasteiger partial charge in [-0.1, -0.05) is 6.07 Å². The number of ketones is 2. The molecule has 0 fully saturated rings. The average Bonchev–Trinajstić information content (AvgIpc) is 2.56. The number of Topliss-reactive ketones (excluding diaryl/α,β-unsaturated/α-hetero) is 2. The molecule has 1 aliphatic rings. The lowest BCUT2D eigenvalue weighted by Gasteiger charge is -2.20. The molecule has 0 bridgehead atoms. The van der Waals surface area contributed by atoms with Crippen LogP contribution < -0.4 is 5.32 Å². The molecule has 2 aromatic rings. The third-order valence-corrected chi connectivity index (χ3v) is 3.45. The largest absolute Gasteiger partial charge is 0.491 e. The molecule has 6 nitrogen and oxygen atoms in total. The Morgan fingerprint density at radius 1 is 1.09 bits per heavy atom. The van der Waals surface area contributed by atoms with Crippen LogP contribution in [0.2, 0.25) is 0 Å². The number of anilines is 1. The Morgan fingerprint density at radius 2 is 1.74 bits per heavy atom. The maximum absolute atomic E-state index is 13.4. The molecule has 1 aromatic carbocycles. The molecule has 1 N–H and O–H groups in total. The summed E-state index contributed by atoms with van der Waals surface area (Å²) in [6.45, 7) is 1.75. The molecule has 3 rings (SSSR count). The standard InChI is InChI=1S/C16H12FN3O3/c1-8-3-4-9(17)7-10(8)20-13-14(21)11-12(19-6-5-18-11)15(22)16(13)23-2/h3-7,20H,1-2H3. The number of nitrogens with zero attached hydrogens (tertiary/aromatic N) is 2. The van der Waals surface area contributed by atoms with E-state index >= 15 is 0 Å². The molecule has 1 aliphatic carbocycles. The van der Waals surface area contributed by atoms with Crippen molar-refractivity contribution in [2.45, 2.75) is 6.92 Å². The molecule has 0 aliphatic heterocycles. The lowest BCUT2D eigenvalue weighted by molar-refractivity contribution is 0.0899. The summed E-state index contributed by atoms with van der Waals surface area (Å²) in [7, 11) is 1.28. The number of aryl methyl sites for hydroxylation is 1. The van der Waals surface area contributed by atoms with Crippen molar-refractivity contribution >= 4 is 17.3 Å². The zero-order chi connectivity index (χ0) is 16.6. The third-order valence-electron chi connectivity index (χ3n) is 3.45. The second kappa shape index (κ2) is 5.60. The van der Waals surface area contributed by atoms with Gasteiger partial charge in [-0.05, 0) is 24.6 Å². The van der Waals surface area contributed by atoms with E-state index in [-0.39, 0.29) is 22.8 Å². The summed E-state index contributed by atoms with van der Waals surface area (Å²) >= 11 is 0. The van der Waals surface area contributed by atoms with Crippen molar-refractivity contribution in [1.82, 2.24) is 9.97 Å². The second-order valence-electron chi connectivity index (χ2n) is 4.90. The molecule has 116 valence electrons. The van der Waals surface area contributed by atoms with E-state index in [1.807, 2.05) is 0 Å². The molecule has 7 heteroatoms. The van der Waals surface area contributed by atoms with E-state index in [9.17, 15) is 14.0 Å². The molecule has 0 saturated carbocycles. The van der Waals surface area contributed by atoms with Gasteiger partial charge in [0.1, 0.15) is 22.9 Å². The van der Waals surface area contributed by atoms with Gasteiger partial charge in [0.15, 0.2) is 5.76 Å². The number of nitrogens with one attached hydrogen (secondary N) is 1. The van der Waals surface area contributed by atoms with Gasteiger partial charge >= 0.3 is 0 Å². The quantitative estimate of drug-likeness (QED) is 0.936. The Bertz CT molecular complexity index is 861. The topological polar surface area (TPSA) is 81.2 Å².